The van der Waals surface area contributed by atoms with E-state index in [0.29, 0.717) is 18.0 Å². The molecule has 41 heavy (non-hydrogen) atoms. The summed E-state index contributed by atoms with van der Waals surface area (Å²) in [6.45, 7) is 5.55. The molecule has 1 aliphatic heterocycles. The van der Waals surface area contributed by atoms with E-state index in [2.05, 4.69) is 31.1 Å². The molecule has 0 bridgehead atoms. The number of aromatic amines is 2. The number of likely N-dealkylation sites (tertiary alicyclic amines) is 1. The van der Waals surface area contributed by atoms with Crippen molar-refractivity contribution >= 4 is 22.2 Å². The molecular weight excluding hydrogens is 515 g/mol. The van der Waals surface area contributed by atoms with Gasteiger partial charge in [0.1, 0.15) is 23.9 Å². The molecule has 208 valence electrons. The van der Waals surface area contributed by atoms with Crippen LogP contribution in [0.1, 0.15) is 30.9 Å². The fourth-order valence-electron chi connectivity index (χ4n) is 5.35. The predicted molar refractivity (Wildman–Crippen MR) is 163 cm³/mol. The Morgan fingerprint density at radius 1 is 1.05 bits per heavy atom. The molecule has 8 heteroatoms. The van der Waals surface area contributed by atoms with Crippen LogP contribution in [-0.2, 0) is 0 Å². The van der Waals surface area contributed by atoms with Gasteiger partial charge in [-0.15, -0.1) is 0 Å². The molecule has 1 fully saturated rings. The van der Waals surface area contributed by atoms with Gasteiger partial charge in [-0.1, -0.05) is 24.3 Å². The third-order valence-electron chi connectivity index (χ3n) is 7.42. The Labute approximate surface area is 238 Å². The summed E-state index contributed by atoms with van der Waals surface area (Å²) in [5.41, 5.74) is 13.6. The molecule has 7 nitrogen and oxygen atoms in total. The van der Waals surface area contributed by atoms with E-state index in [-0.39, 0.29) is 5.82 Å². The summed E-state index contributed by atoms with van der Waals surface area (Å²) >= 11 is 0. The zero-order chi connectivity index (χ0) is 28.2. The number of benzene rings is 2. The van der Waals surface area contributed by atoms with Crippen LogP contribution in [0.15, 0.2) is 85.3 Å². The van der Waals surface area contributed by atoms with Crippen LogP contribution in [0.4, 0.5) is 10.1 Å². The number of ether oxygens (including phenoxy) is 1. The van der Waals surface area contributed by atoms with Gasteiger partial charge < -0.3 is 15.5 Å². The maximum absolute atomic E-state index is 14.8. The molecule has 1 aliphatic rings. The zero-order valence-electron chi connectivity index (χ0n) is 23.0. The normalized spacial score (nSPS) is 14.4. The summed E-state index contributed by atoms with van der Waals surface area (Å²) < 4.78 is 20.8. The number of H-pyrrole nitrogens is 2. The average Bonchev–Trinajstić information content (AvgIpc) is 3.74. The van der Waals surface area contributed by atoms with E-state index in [1.54, 1.807) is 18.5 Å². The first-order valence-corrected chi connectivity index (χ1v) is 13.9. The topological polar surface area (TPSA) is 95.8 Å². The van der Waals surface area contributed by atoms with Gasteiger partial charge in [-0.05, 0) is 86.0 Å². The second-order valence-corrected chi connectivity index (χ2v) is 10.3. The SMILES string of the molecule is C/C=C/C=C(/c1cc(F)cc(OCCN2CCCC2)c1)c1c[nH]c(-c2n[nH]c3ccc(-c4cncc(N)c4)cc23)c1. The molecule has 3 aromatic heterocycles. The number of hydrogen-bond acceptors (Lipinski definition) is 5. The van der Waals surface area contributed by atoms with E-state index in [9.17, 15) is 4.39 Å². The zero-order valence-corrected chi connectivity index (χ0v) is 23.0. The number of anilines is 1. The summed E-state index contributed by atoms with van der Waals surface area (Å²) in [5.74, 6) is 0.200. The second kappa shape index (κ2) is 11.8. The monoisotopic (exact) mass is 548 g/mol. The molecule has 0 radical (unpaired) electrons. The summed E-state index contributed by atoms with van der Waals surface area (Å²) in [6.07, 6.45) is 13.7. The Kier molecular flexibility index (Phi) is 7.65. The lowest BCUT2D eigenvalue weighted by atomic mass is 9.98. The number of allylic oxidation sites excluding steroid dienone is 3. The molecule has 5 aromatic rings. The van der Waals surface area contributed by atoms with Crippen molar-refractivity contribution in [3.05, 3.63) is 102 Å². The highest BCUT2D eigenvalue weighted by Gasteiger charge is 2.16. The largest absolute Gasteiger partial charge is 0.492 e. The van der Waals surface area contributed by atoms with Gasteiger partial charge in [0.05, 0.1) is 16.9 Å². The van der Waals surface area contributed by atoms with Gasteiger partial charge in [0.25, 0.3) is 0 Å². The molecule has 6 rings (SSSR count). The van der Waals surface area contributed by atoms with Crippen LogP contribution < -0.4 is 10.5 Å². The highest BCUT2D eigenvalue weighted by Crippen LogP contribution is 2.34. The minimum atomic E-state index is -0.331. The number of fused-ring (bicyclic) bond motifs is 1. The number of nitrogens with one attached hydrogen (secondary N) is 2. The molecule has 0 unspecified atom stereocenters. The summed E-state index contributed by atoms with van der Waals surface area (Å²) in [7, 11) is 0. The maximum atomic E-state index is 14.8. The molecule has 1 saturated heterocycles. The van der Waals surface area contributed by atoms with Crippen LogP contribution in [0.25, 0.3) is 39.0 Å². The van der Waals surface area contributed by atoms with Crippen LogP contribution in [-0.4, -0.2) is 51.3 Å². The fraction of sp³-hybridized carbons (Fsp3) is 0.212. The highest BCUT2D eigenvalue weighted by atomic mass is 19.1. The van der Waals surface area contributed by atoms with Crippen molar-refractivity contribution in [3.63, 3.8) is 0 Å². The third-order valence-corrected chi connectivity index (χ3v) is 7.42. The van der Waals surface area contributed by atoms with E-state index >= 15 is 0 Å². The summed E-state index contributed by atoms with van der Waals surface area (Å²) in [6, 6.07) is 15.0. The maximum Gasteiger partial charge on any atom is 0.127 e. The Bertz CT molecular complexity index is 1730. The number of nitrogens with zero attached hydrogens (tertiary/aromatic N) is 3. The standard InChI is InChI=1S/C33H33FN6O/c1-2-3-6-29(23-13-26(34)18-28(15-23)41-12-11-40-9-4-5-10-40)25-17-32(37-20-25)33-30-16-22(7-8-31(30)38-39-33)24-14-27(35)21-36-19-24/h2-3,6-8,13-21,37H,4-5,9-12,35H2,1H3,(H,38,39)/b3-2+,29-6-. The first kappa shape index (κ1) is 26.5. The molecule has 4 N–H and O–H groups in total. The minimum absolute atomic E-state index is 0.331. The van der Waals surface area contributed by atoms with Gasteiger partial charge in [0.15, 0.2) is 0 Å². The van der Waals surface area contributed by atoms with E-state index in [4.69, 9.17) is 10.5 Å². The summed E-state index contributed by atoms with van der Waals surface area (Å²) in [4.78, 5) is 9.99. The van der Waals surface area contributed by atoms with Crippen LogP contribution in [0.3, 0.4) is 0 Å². The first-order valence-electron chi connectivity index (χ1n) is 13.9. The molecular formula is C33H33FN6O. The van der Waals surface area contributed by atoms with Crippen LogP contribution in [0.5, 0.6) is 5.75 Å². The lowest BCUT2D eigenvalue weighted by Crippen LogP contribution is -2.25. The van der Waals surface area contributed by atoms with Crippen molar-refractivity contribution in [3.8, 4) is 28.3 Å². The smallest absolute Gasteiger partial charge is 0.127 e. The van der Waals surface area contributed by atoms with Gasteiger partial charge in [-0.3, -0.25) is 15.0 Å². The first-order chi connectivity index (χ1) is 20.1. The quantitative estimate of drug-likeness (QED) is 0.176. The van der Waals surface area contributed by atoms with Gasteiger partial charge in [0.2, 0.25) is 0 Å². The van der Waals surface area contributed by atoms with Gasteiger partial charge in [0, 0.05) is 47.7 Å². The molecule has 2 aromatic carbocycles. The van der Waals surface area contributed by atoms with E-state index in [0.717, 1.165) is 69.8 Å². The van der Waals surface area contributed by atoms with E-state index < -0.39 is 0 Å². The molecule has 0 aliphatic carbocycles. The van der Waals surface area contributed by atoms with Crippen molar-refractivity contribution < 1.29 is 9.13 Å². The van der Waals surface area contributed by atoms with Crippen molar-refractivity contribution in [2.75, 3.05) is 32.0 Å². The fourth-order valence-corrected chi connectivity index (χ4v) is 5.35. The number of halogens is 1. The molecule has 0 amide bonds. The average molecular weight is 549 g/mol. The second-order valence-electron chi connectivity index (χ2n) is 10.3. The van der Waals surface area contributed by atoms with Crippen molar-refractivity contribution in [1.82, 2.24) is 25.1 Å². The van der Waals surface area contributed by atoms with Crippen LogP contribution >= 0.6 is 0 Å². The third kappa shape index (κ3) is 5.93. The lowest BCUT2D eigenvalue weighted by molar-refractivity contribution is 0.237. The number of nitrogen functional groups attached to an aromatic ring is 1. The Balaban J connectivity index is 1.30. The van der Waals surface area contributed by atoms with E-state index in [1.165, 1.54) is 18.9 Å². The van der Waals surface area contributed by atoms with E-state index in [1.807, 2.05) is 61.7 Å². The number of hydrogen-bond donors (Lipinski definition) is 3. The lowest BCUT2D eigenvalue weighted by Gasteiger charge is -2.15. The highest BCUT2D eigenvalue weighted by molar-refractivity contribution is 5.96. The number of pyridine rings is 1. The molecule has 0 saturated carbocycles. The van der Waals surface area contributed by atoms with Crippen LogP contribution in [0.2, 0.25) is 0 Å². The van der Waals surface area contributed by atoms with Gasteiger partial charge in [-0.25, -0.2) is 4.39 Å². The minimum Gasteiger partial charge on any atom is -0.492 e. The van der Waals surface area contributed by atoms with Crippen LogP contribution in [0, 0.1) is 5.82 Å². The van der Waals surface area contributed by atoms with Crippen molar-refractivity contribution in [2.24, 2.45) is 0 Å². The van der Waals surface area contributed by atoms with Gasteiger partial charge >= 0.3 is 0 Å². The summed E-state index contributed by atoms with van der Waals surface area (Å²) in [5, 5.41) is 8.71. The van der Waals surface area contributed by atoms with Crippen molar-refractivity contribution in [2.45, 2.75) is 19.8 Å². The number of nitrogens with two attached hydrogens (primary N) is 1. The molecule has 0 atom stereocenters. The molecule has 4 heterocycles. The Morgan fingerprint density at radius 3 is 2.76 bits per heavy atom. The molecule has 0 spiro atoms. The van der Waals surface area contributed by atoms with Crippen molar-refractivity contribution in [1.29, 1.82) is 0 Å². The van der Waals surface area contributed by atoms with Gasteiger partial charge in [-0.2, -0.15) is 5.10 Å². The number of rotatable bonds is 9. The Morgan fingerprint density at radius 2 is 1.93 bits per heavy atom. The number of aromatic nitrogens is 4. The Hall–Kier alpha value is -4.69. The predicted octanol–water partition coefficient (Wildman–Crippen LogP) is 6.82.